The van der Waals surface area contributed by atoms with Crippen LogP contribution in [-0.4, -0.2) is 37.5 Å². The van der Waals surface area contributed by atoms with Gasteiger partial charge in [0.25, 0.3) is 5.91 Å². The van der Waals surface area contributed by atoms with Crippen LogP contribution < -0.4 is 5.32 Å². The predicted molar refractivity (Wildman–Crippen MR) is 78.3 cm³/mol. The molecule has 0 unspecified atom stereocenters. The molecule has 106 valence electrons. The summed E-state index contributed by atoms with van der Waals surface area (Å²) in [7, 11) is 2.16. The van der Waals surface area contributed by atoms with Gasteiger partial charge < -0.3 is 10.2 Å². The van der Waals surface area contributed by atoms with Crippen molar-refractivity contribution in [1.82, 2.24) is 10.2 Å². The summed E-state index contributed by atoms with van der Waals surface area (Å²) < 4.78 is 0. The van der Waals surface area contributed by atoms with Crippen molar-refractivity contribution in [1.29, 1.82) is 5.26 Å². The van der Waals surface area contributed by atoms with E-state index in [-0.39, 0.29) is 5.91 Å². The quantitative estimate of drug-likeness (QED) is 0.911. The average Bonchev–Trinajstić information content (AvgIpc) is 2.49. The normalized spacial score (nSPS) is 16.6. The van der Waals surface area contributed by atoms with Crippen molar-refractivity contribution in [3.05, 3.63) is 35.4 Å². The highest BCUT2D eigenvalue weighted by Gasteiger charge is 2.16. The maximum Gasteiger partial charge on any atom is 0.251 e. The Morgan fingerprint density at radius 3 is 2.60 bits per heavy atom. The van der Waals surface area contributed by atoms with Crippen LogP contribution in [-0.2, 0) is 0 Å². The van der Waals surface area contributed by atoms with Gasteiger partial charge in [-0.15, -0.1) is 0 Å². The van der Waals surface area contributed by atoms with Crippen LogP contribution in [0.2, 0.25) is 0 Å². The van der Waals surface area contributed by atoms with E-state index in [0.717, 1.165) is 32.0 Å². The van der Waals surface area contributed by atoms with E-state index >= 15 is 0 Å². The summed E-state index contributed by atoms with van der Waals surface area (Å²) in [5, 5.41) is 11.7. The highest BCUT2D eigenvalue weighted by molar-refractivity contribution is 5.94. The number of likely N-dealkylation sites (tertiary alicyclic amines) is 1. The molecule has 2 rings (SSSR count). The number of nitrogens with zero attached hydrogens (tertiary/aromatic N) is 2. The molecule has 1 heterocycles. The second-order valence-electron chi connectivity index (χ2n) is 5.48. The summed E-state index contributed by atoms with van der Waals surface area (Å²) in [6, 6.07) is 8.79. The molecule has 1 saturated heterocycles. The minimum atomic E-state index is -0.0533. The molecule has 4 heteroatoms. The largest absolute Gasteiger partial charge is 0.352 e. The van der Waals surface area contributed by atoms with Gasteiger partial charge in [-0.1, -0.05) is 0 Å². The molecule has 0 atom stereocenters. The number of carbonyl (C=O) groups is 1. The molecule has 0 saturated carbocycles. The molecule has 0 spiro atoms. The van der Waals surface area contributed by atoms with Crippen molar-refractivity contribution in [2.45, 2.75) is 19.3 Å². The molecule has 1 amide bonds. The number of hydrogen-bond donors (Lipinski definition) is 1. The number of benzene rings is 1. The minimum Gasteiger partial charge on any atom is -0.352 e. The second kappa shape index (κ2) is 7.06. The van der Waals surface area contributed by atoms with Crippen LogP contribution in [0.25, 0.3) is 0 Å². The number of nitriles is 1. The van der Waals surface area contributed by atoms with Gasteiger partial charge in [0.15, 0.2) is 0 Å². The lowest BCUT2D eigenvalue weighted by Crippen LogP contribution is -2.32. The van der Waals surface area contributed by atoms with Crippen LogP contribution in [0.3, 0.4) is 0 Å². The SMILES string of the molecule is CN1CCC(CCNC(=O)c2ccc(C#N)cc2)CC1. The molecule has 1 aromatic rings. The monoisotopic (exact) mass is 271 g/mol. The molecule has 1 aromatic carbocycles. The lowest BCUT2D eigenvalue weighted by atomic mass is 9.94. The van der Waals surface area contributed by atoms with Crippen molar-refractivity contribution in [3.8, 4) is 6.07 Å². The Kier molecular flexibility index (Phi) is 5.14. The number of piperidine rings is 1. The van der Waals surface area contributed by atoms with Crippen LogP contribution >= 0.6 is 0 Å². The van der Waals surface area contributed by atoms with Gasteiger partial charge >= 0.3 is 0 Å². The van der Waals surface area contributed by atoms with Crippen molar-refractivity contribution in [2.75, 3.05) is 26.7 Å². The third-order valence-corrected chi connectivity index (χ3v) is 3.95. The number of amides is 1. The summed E-state index contributed by atoms with van der Waals surface area (Å²) in [6.07, 6.45) is 3.50. The zero-order valence-electron chi connectivity index (χ0n) is 11.9. The van der Waals surface area contributed by atoms with Crippen LogP contribution in [0, 0.1) is 17.2 Å². The highest BCUT2D eigenvalue weighted by atomic mass is 16.1. The third kappa shape index (κ3) is 4.07. The first-order chi connectivity index (χ1) is 9.69. The first kappa shape index (κ1) is 14.5. The van der Waals surface area contributed by atoms with Gasteiger partial charge in [-0.3, -0.25) is 4.79 Å². The lowest BCUT2D eigenvalue weighted by Gasteiger charge is -2.28. The summed E-state index contributed by atoms with van der Waals surface area (Å²) in [4.78, 5) is 14.3. The van der Waals surface area contributed by atoms with E-state index in [2.05, 4.69) is 17.3 Å². The number of hydrogen-bond acceptors (Lipinski definition) is 3. The molecule has 0 aliphatic carbocycles. The molecule has 4 nitrogen and oxygen atoms in total. The van der Waals surface area contributed by atoms with E-state index in [1.54, 1.807) is 24.3 Å². The van der Waals surface area contributed by atoms with Gasteiger partial charge in [-0.2, -0.15) is 5.26 Å². The highest BCUT2D eigenvalue weighted by Crippen LogP contribution is 2.18. The number of rotatable bonds is 4. The molecular weight excluding hydrogens is 250 g/mol. The number of carbonyl (C=O) groups excluding carboxylic acids is 1. The summed E-state index contributed by atoms with van der Waals surface area (Å²) in [5.41, 5.74) is 1.19. The fraction of sp³-hybridized carbons (Fsp3) is 0.500. The number of nitrogens with one attached hydrogen (secondary N) is 1. The molecule has 1 aliphatic heterocycles. The Morgan fingerprint density at radius 1 is 1.35 bits per heavy atom. The van der Waals surface area contributed by atoms with Crippen LogP contribution in [0.1, 0.15) is 35.2 Å². The fourth-order valence-electron chi connectivity index (χ4n) is 2.54. The molecule has 1 fully saturated rings. The smallest absolute Gasteiger partial charge is 0.251 e. The van der Waals surface area contributed by atoms with Crippen molar-refractivity contribution < 1.29 is 4.79 Å². The first-order valence-electron chi connectivity index (χ1n) is 7.16. The Bertz CT molecular complexity index is 481. The Balaban J connectivity index is 1.73. The zero-order chi connectivity index (χ0) is 14.4. The molecule has 1 N–H and O–H groups in total. The van der Waals surface area contributed by atoms with Crippen LogP contribution in [0.5, 0.6) is 0 Å². The molecule has 0 bridgehead atoms. The Morgan fingerprint density at radius 2 is 2.00 bits per heavy atom. The van der Waals surface area contributed by atoms with Crippen LogP contribution in [0.15, 0.2) is 24.3 Å². The summed E-state index contributed by atoms with van der Waals surface area (Å²) in [6.45, 7) is 3.05. The Hall–Kier alpha value is -1.86. The fourth-order valence-corrected chi connectivity index (χ4v) is 2.54. The maximum absolute atomic E-state index is 11.9. The predicted octanol–water partition coefficient (Wildman–Crippen LogP) is 2.02. The summed E-state index contributed by atoms with van der Waals surface area (Å²) in [5.74, 6) is 0.676. The minimum absolute atomic E-state index is 0.0533. The molecule has 0 aromatic heterocycles. The van der Waals surface area contributed by atoms with E-state index in [1.807, 2.05) is 6.07 Å². The standard InChI is InChI=1S/C16H21N3O/c1-19-10-7-13(8-11-19)6-9-18-16(20)15-4-2-14(12-17)3-5-15/h2-5,13H,6-11H2,1H3,(H,18,20). The van der Waals surface area contributed by atoms with Crippen molar-refractivity contribution in [3.63, 3.8) is 0 Å². The molecule has 0 radical (unpaired) electrons. The van der Waals surface area contributed by atoms with Crippen molar-refractivity contribution in [2.24, 2.45) is 5.92 Å². The van der Waals surface area contributed by atoms with Gasteiger partial charge in [-0.25, -0.2) is 0 Å². The Labute approximate surface area is 120 Å². The van der Waals surface area contributed by atoms with Gasteiger partial charge in [0.05, 0.1) is 11.6 Å². The lowest BCUT2D eigenvalue weighted by molar-refractivity contribution is 0.0949. The topological polar surface area (TPSA) is 56.1 Å². The molecule has 1 aliphatic rings. The molecule has 20 heavy (non-hydrogen) atoms. The van der Waals surface area contributed by atoms with Gasteiger partial charge in [0, 0.05) is 12.1 Å². The van der Waals surface area contributed by atoms with E-state index in [1.165, 1.54) is 12.8 Å². The zero-order valence-corrected chi connectivity index (χ0v) is 11.9. The maximum atomic E-state index is 11.9. The van der Waals surface area contributed by atoms with Gasteiger partial charge in [0.1, 0.15) is 0 Å². The van der Waals surface area contributed by atoms with E-state index < -0.39 is 0 Å². The molecular formula is C16H21N3O. The summed E-state index contributed by atoms with van der Waals surface area (Å²) >= 11 is 0. The second-order valence-corrected chi connectivity index (χ2v) is 5.48. The van der Waals surface area contributed by atoms with E-state index in [0.29, 0.717) is 11.1 Å². The van der Waals surface area contributed by atoms with Crippen LogP contribution in [0.4, 0.5) is 0 Å². The van der Waals surface area contributed by atoms with E-state index in [9.17, 15) is 4.79 Å². The van der Waals surface area contributed by atoms with Gasteiger partial charge in [0.2, 0.25) is 0 Å². The van der Waals surface area contributed by atoms with E-state index in [4.69, 9.17) is 5.26 Å². The average molecular weight is 271 g/mol. The van der Waals surface area contributed by atoms with Gasteiger partial charge in [-0.05, 0) is 69.6 Å². The van der Waals surface area contributed by atoms with Crippen molar-refractivity contribution >= 4 is 5.91 Å². The third-order valence-electron chi connectivity index (χ3n) is 3.95. The first-order valence-corrected chi connectivity index (χ1v) is 7.16.